The highest BCUT2D eigenvalue weighted by Crippen LogP contribution is 2.47. The Morgan fingerprint density at radius 1 is 1.53 bits per heavy atom. The molecule has 3 nitrogen and oxygen atoms in total. The Morgan fingerprint density at radius 2 is 2.26 bits per heavy atom. The third kappa shape index (κ3) is 3.32. The maximum Gasteiger partial charge on any atom is 0.236 e. The molecule has 0 aromatic heterocycles. The number of amides is 1. The van der Waals surface area contributed by atoms with Gasteiger partial charge in [0.1, 0.15) is 5.82 Å². The molecule has 104 valence electrons. The van der Waals surface area contributed by atoms with Gasteiger partial charge in [-0.2, -0.15) is 0 Å². The van der Waals surface area contributed by atoms with Crippen LogP contribution >= 0.6 is 0 Å². The number of nitrogens with one attached hydrogen (secondary N) is 1. The Balaban J connectivity index is 1.94. The largest absolute Gasteiger partial charge is 0.354 e. The van der Waals surface area contributed by atoms with Crippen LogP contribution in [0, 0.1) is 5.82 Å². The van der Waals surface area contributed by atoms with E-state index >= 15 is 0 Å². The first-order chi connectivity index (χ1) is 9.07. The Labute approximate surface area is 113 Å². The minimum Gasteiger partial charge on any atom is -0.354 e. The van der Waals surface area contributed by atoms with Crippen molar-refractivity contribution in [3.05, 3.63) is 35.6 Å². The molecule has 1 aromatic carbocycles. The highest BCUT2D eigenvalue weighted by molar-refractivity contribution is 5.81. The van der Waals surface area contributed by atoms with Gasteiger partial charge in [0.2, 0.25) is 5.91 Å². The molecule has 0 aliphatic heterocycles. The molecule has 0 bridgehead atoms. The van der Waals surface area contributed by atoms with E-state index in [1.807, 2.05) is 13.0 Å². The molecular weight excluding hydrogens is 243 g/mol. The maximum absolute atomic E-state index is 13.2. The van der Waals surface area contributed by atoms with Crippen molar-refractivity contribution < 1.29 is 9.18 Å². The number of hydrogen-bond donors (Lipinski definition) is 2. The molecule has 1 saturated carbocycles. The Kier molecular flexibility index (Phi) is 4.20. The second kappa shape index (κ2) is 5.70. The molecule has 0 saturated heterocycles. The average Bonchev–Trinajstić information content (AvgIpc) is 3.17. The van der Waals surface area contributed by atoms with E-state index in [1.54, 1.807) is 12.1 Å². The lowest BCUT2D eigenvalue weighted by Gasteiger charge is -2.18. The van der Waals surface area contributed by atoms with E-state index in [-0.39, 0.29) is 17.1 Å². The second-order valence-corrected chi connectivity index (χ2v) is 5.40. The molecule has 1 aliphatic rings. The van der Waals surface area contributed by atoms with E-state index in [9.17, 15) is 9.18 Å². The molecule has 0 radical (unpaired) electrons. The lowest BCUT2D eigenvalue weighted by molar-refractivity contribution is -0.122. The first-order valence-electron chi connectivity index (χ1n) is 6.87. The van der Waals surface area contributed by atoms with Crippen LogP contribution < -0.4 is 11.1 Å². The van der Waals surface area contributed by atoms with Gasteiger partial charge in [-0.25, -0.2) is 4.39 Å². The van der Waals surface area contributed by atoms with Gasteiger partial charge in [0, 0.05) is 12.0 Å². The van der Waals surface area contributed by atoms with Crippen LogP contribution in [0.25, 0.3) is 0 Å². The van der Waals surface area contributed by atoms with Crippen LogP contribution in [0.15, 0.2) is 24.3 Å². The highest BCUT2D eigenvalue weighted by Gasteiger charge is 2.44. The first-order valence-corrected chi connectivity index (χ1v) is 6.87. The van der Waals surface area contributed by atoms with Crippen molar-refractivity contribution in [2.45, 2.75) is 44.1 Å². The van der Waals surface area contributed by atoms with Gasteiger partial charge in [-0.15, -0.1) is 0 Å². The molecule has 1 fully saturated rings. The molecular formula is C15H21FN2O. The Bertz CT molecular complexity index is 457. The van der Waals surface area contributed by atoms with Crippen molar-refractivity contribution >= 4 is 5.91 Å². The molecule has 19 heavy (non-hydrogen) atoms. The normalized spacial score (nSPS) is 17.8. The summed E-state index contributed by atoms with van der Waals surface area (Å²) in [5, 5.41) is 2.90. The molecule has 3 N–H and O–H groups in total. The smallest absolute Gasteiger partial charge is 0.236 e. The van der Waals surface area contributed by atoms with E-state index in [2.05, 4.69) is 5.32 Å². The fourth-order valence-corrected chi connectivity index (χ4v) is 2.37. The van der Waals surface area contributed by atoms with Gasteiger partial charge >= 0.3 is 0 Å². The summed E-state index contributed by atoms with van der Waals surface area (Å²) in [7, 11) is 0. The zero-order valence-electron chi connectivity index (χ0n) is 11.3. The van der Waals surface area contributed by atoms with Crippen molar-refractivity contribution in [2.24, 2.45) is 5.73 Å². The summed E-state index contributed by atoms with van der Waals surface area (Å²) in [5.74, 6) is -0.331. The van der Waals surface area contributed by atoms with Gasteiger partial charge in [-0.05, 0) is 37.0 Å². The Morgan fingerprint density at radius 3 is 2.84 bits per heavy atom. The number of rotatable bonds is 6. The first kappa shape index (κ1) is 14.0. The maximum atomic E-state index is 13.2. The molecule has 4 heteroatoms. The molecule has 0 spiro atoms. The highest BCUT2D eigenvalue weighted by atomic mass is 19.1. The summed E-state index contributed by atoms with van der Waals surface area (Å²) in [6.45, 7) is 2.55. The van der Waals surface area contributed by atoms with Gasteiger partial charge in [0.25, 0.3) is 0 Å². The van der Waals surface area contributed by atoms with Crippen LogP contribution in [0.3, 0.4) is 0 Å². The van der Waals surface area contributed by atoms with Crippen molar-refractivity contribution in [2.75, 3.05) is 6.54 Å². The van der Waals surface area contributed by atoms with Crippen LogP contribution in [-0.2, 0) is 10.2 Å². The molecule has 2 rings (SSSR count). The number of hydrogen-bond acceptors (Lipinski definition) is 2. The van der Waals surface area contributed by atoms with Crippen molar-refractivity contribution in [3.63, 3.8) is 0 Å². The summed E-state index contributed by atoms with van der Waals surface area (Å²) in [6, 6.07) is 6.21. The van der Waals surface area contributed by atoms with Crippen LogP contribution in [0.5, 0.6) is 0 Å². The van der Waals surface area contributed by atoms with E-state index in [1.165, 1.54) is 6.07 Å². The quantitative estimate of drug-likeness (QED) is 0.826. The number of halogens is 1. The van der Waals surface area contributed by atoms with E-state index < -0.39 is 6.04 Å². The fourth-order valence-electron chi connectivity index (χ4n) is 2.37. The third-order valence-corrected chi connectivity index (χ3v) is 3.83. The zero-order chi connectivity index (χ0) is 13.9. The minimum atomic E-state index is -0.437. The predicted octanol–water partition coefficient (Wildman–Crippen LogP) is 2.10. The lowest BCUT2D eigenvalue weighted by atomic mass is 9.95. The van der Waals surface area contributed by atoms with Gasteiger partial charge < -0.3 is 11.1 Å². The monoisotopic (exact) mass is 264 g/mol. The van der Waals surface area contributed by atoms with E-state index in [4.69, 9.17) is 5.73 Å². The molecule has 1 amide bonds. The van der Waals surface area contributed by atoms with Crippen LogP contribution in [0.2, 0.25) is 0 Å². The lowest BCUT2D eigenvalue weighted by Crippen LogP contribution is -2.43. The van der Waals surface area contributed by atoms with Crippen molar-refractivity contribution in [3.8, 4) is 0 Å². The van der Waals surface area contributed by atoms with Gasteiger partial charge in [0.15, 0.2) is 0 Å². The van der Waals surface area contributed by atoms with Crippen LogP contribution in [0.1, 0.15) is 38.2 Å². The van der Waals surface area contributed by atoms with E-state index in [0.717, 1.165) is 24.8 Å². The number of carbonyl (C=O) groups excluding carboxylic acids is 1. The minimum absolute atomic E-state index is 0.0797. The van der Waals surface area contributed by atoms with Gasteiger partial charge in [0.05, 0.1) is 6.04 Å². The Hall–Kier alpha value is -1.42. The van der Waals surface area contributed by atoms with Crippen molar-refractivity contribution in [1.82, 2.24) is 5.32 Å². The summed E-state index contributed by atoms with van der Waals surface area (Å²) in [6.07, 6.45) is 3.56. The average molecular weight is 264 g/mol. The standard InChI is InChI=1S/C15H21FN2O/c1-2-4-13(17)14(19)18-10-15(7-8-15)11-5-3-6-12(16)9-11/h3,5-6,9,13H,2,4,7-8,10,17H2,1H3,(H,18,19). The number of carbonyl (C=O) groups is 1. The molecule has 0 heterocycles. The zero-order valence-corrected chi connectivity index (χ0v) is 11.3. The molecule has 1 atom stereocenters. The van der Waals surface area contributed by atoms with Crippen LogP contribution in [-0.4, -0.2) is 18.5 Å². The number of benzene rings is 1. The van der Waals surface area contributed by atoms with Gasteiger partial charge in [-0.3, -0.25) is 4.79 Å². The second-order valence-electron chi connectivity index (χ2n) is 5.40. The van der Waals surface area contributed by atoms with E-state index in [0.29, 0.717) is 13.0 Å². The molecule has 1 aliphatic carbocycles. The van der Waals surface area contributed by atoms with Crippen molar-refractivity contribution in [1.29, 1.82) is 0 Å². The summed E-state index contributed by atoms with van der Waals surface area (Å²) in [5.41, 5.74) is 6.66. The summed E-state index contributed by atoms with van der Waals surface area (Å²) >= 11 is 0. The molecule has 1 aromatic rings. The SMILES string of the molecule is CCCC(N)C(=O)NCC1(c2cccc(F)c2)CC1. The third-order valence-electron chi connectivity index (χ3n) is 3.83. The fraction of sp³-hybridized carbons (Fsp3) is 0.533. The van der Waals surface area contributed by atoms with Crippen LogP contribution in [0.4, 0.5) is 4.39 Å². The summed E-state index contributed by atoms with van der Waals surface area (Å²) < 4.78 is 13.2. The predicted molar refractivity (Wildman–Crippen MR) is 73.2 cm³/mol. The molecule has 1 unspecified atom stereocenters. The van der Waals surface area contributed by atoms with Gasteiger partial charge in [-0.1, -0.05) is 25.5 Å². The number of nitrogens with two attached hydrogens (primary N) is 1. The summed E-state index contributed by atoms with van der Waals surface area (Å²) in [4.78, 5) is 11.8. The topological polar surface area (TPSA) is 55.1 Å².